The van der Waals surface area contributed by atoms with Gasteiger partial charge in [0.05, 0.1) is 11.5 Å². The van der Waals surface area contributed by atoms with Crippen molar-refractivity contribution in [1.29, 1.82) is 5.26 Å². The van der Waals surface area contributed by atoms with Gasteiger partial charge >= 0.3 is 0 Å². The van der Waals surface area contributed by atoms with Gasteiger partial charge in [0, 0.05) is 6.61 Å². The summed E-state index contributed by atoms with van der Waals surface area (Å²) < 4.78 is 0. The first kappa shape index (κ1) is 8.55. The van der Waals surface area contributed by atoms with Crippen molar-refractivity contribution in [3.05, 3.63) is 0 Å². The third-order valence-electron chi connectivity index (χ3n) is 2.61. The molecule has 0 aromatic rings. The maximum absolute atomic E-state index is 8.82. The summed E-state index contributed by atoms with van der Waals surface area (Å²) >= 11 is 0. The summed E-state index contributed by atoms with van der Waals surface area (Å²) in [5, 5.41) is 17.4. The first-order valence-corrected chi connectivity index (χ1v) is 4.35. The van der Waals surface area contributed by atoms with Gasteiger partial charge in [0.25, 0.3) is 0 Å². The Morgan fingerprint density at radius 2 is 2.09 bits per heavy atom. The molecule has 1 N–H and O–H groups in total. The van der Waals surface area contributed by atoms with Crippen LogP contribution in [-0.4, -0.2) is 11.7 Å². The lowest BCUT2D eigenvalue weighted by Crippen LogP contribution is -2.27. The number of nitriles is 1. The predicted molar refractivity (Wildman–Crippen MR) is 42.8 cm³/mol. The van der Waals surface area contributed by atoms with Gasteiger partial charge in [-0.3, -0.25) is 0 Å². The molecule has 1 aliphatic rings. The molecule has 1 fully saturated rings. The van der Waals surface area contributed by atoms with Crippen LogP contribution in [0, 0.1) is 16.7 Å². The molecule has 0 aliphatic heterocycles. The Bertz CT molecular complexity index is 155. The molecule has 0 unspecified atom stereocenters. The molecular formula is C9H15NO. The van der Waals surface area contributed by atoms with E-state index in [1.807, 2.05) is 0 Å². The summed E-state index contributed by atoms with van der Waals surface area (Å²) in [5.41, 5.74) is 0.00910. The van der Waals surface area contributed by atoms with E-state index in [2.05, 4.69) is 6.07 Å². The van der Waals surface area contributed by atoms with Gasteiger partial charge in [-0.1, -0.05) is 6.42 Å². The van der Waals surface area contributed by atoms with Crippen LogP contribution >= 0.6 is 0 Å². The predicted octanol–water partition coefficient (Wildman–Crippen LogP) is 1.84. The van der Waals surface area contributed by atoms with Crippen molar-refractivity contribution in [3.63, 3.8) is 0 Å². The highest BCUT2D eigenvalue weighted by Crippen LogP contribution is 2.44. The standard InChI is InChI=1S/C9H15NO/c10-8-9(5-3-6-9)4-1-2-7-11/h11H,1-7H2. The molecule has 0 bridgehead atoms. The molecule has 0 amide bonds. The first-order valence-electron chi connectivity index (χ1n) is 4.35. The molecule has 62 valence electrons. The van der Waals surface area contributed by atoms with Crippen molar-refractivity contribution >= 4 is 0 Å². The van der Waals surface area contributed by atoms with Gasteiger partial charge in [0.15, 0.2) is 0 Å². The second kappa shape index (κ2) is 3.73. The van der Waals surface area contributed by atoms with Crippen molar-refractivity contribution < 1.29 is 5.11 Å². The highest BCUT2D eigenvalue weighted by Gasteiger charge is 2.36. The minimum absolute atomic E-state index is 0.00910. The van der Waals surface area contributed by atoms with E-state index < -0.39 is 0 Å². The molecule has 11 heavy (non-hydrogen) atoms. The monoisotopic (exact) mass is 153 g/mol. The van der Waals surface area contributed by atoms with Crippen molar-refractivity contribution in [1.82, 2.24) is 0 Å². The summed E-state index contributed by atoms with van der Waals surface area (Å²) in [7, 11) is 0. The fraction of sp³-hybridized carbons (Fsp3) is 0.889. The largest absolute Gasteiger partial charge is 0.396 e. The second-order valence-electron chi connectivity index (χ2n) is 3.43. The second-order valence-corrected chi connectivity index (χ2v) is 3.43. The molecule has 2 nitrogen and oxygen atoms in total. The Kier molecular flexibility index (Phi) is 2.90. The van der Waals surface area contributed by atoms with Crippen molar-refractivity contribution in [3.8, 4) is 6.07 Å². The molecule has 0 aromatic heterocycles. The normalized spacial score (nSPS) is 20.4. The Morgan fingerprint density at radius 3 is 2.45 bits per heavy atom. The Balaban J connectivity index is 2.18. The van der Waals surface area contributed by atoms with Gasteiger partial charge < -0.3 is 5.11 Å². The van der Waals surface area contributed by atoms with Crippen molar-refractivity contribution in [2.45, 2.75) is 38.5 Å². The molecule has 0 atom stereocenters. The Morgan fingerprint density at radius 1 is 1.36 bits per heavy atom. The van der Waals surface area contributed by atoms with Gasteiger partial charge in [-0.25, -0.2) is 0 Å². The molecule has 1 rings (SSSR count). The molecule has 1 aliphatic carbocycles. The summed E-state index contributed by atoms with van der Waals surface area (Å²) in [6.45, 7) is 0.265. The zero-order valence-electron chi connectivity index (χ0n) is 6.84. The van der Waals surface area contributed by atoms with E-state index in [-0.39, 0.29) is 12.0 Å². The fourth-order valence-electron chi connectivity index (χ4n) is 1.60. The van der Waals surface area contributed by atoms with Crippen LogP contribution in [0.5, 0.6) is 0 Å². The number of aliphatic hydroxyl groups is 1. The number of hydrogen-bond donors (Lipinski definition) is 1. The summed E-state index contributed by atoms with van der Waals surface area (Å²) in [6.07, 6.45) is 6.22. The average molecular weight is 153 g/mol. The molecule has 0 radical (unpaired) electrons. The highest BCUT2D eigenvalue weighted by molar-refractivity contribution is 5.04. The SMILES string of the molecule is N#CC1(CCCCO)CCC1. The summed E-state index contributed by atoms with van der Waals surface area (Å²) in [5.74, 6) is 0. The van der Waals surface area contributed by atoms with Gasteiger partial charge in [-0.2, -0.15) is 5.26 Å². The van der Waals surface area contributed by atoms with E-state index in [1.165, 1.54) is 6.42 Å². The molecule has 0 saturated heterocycles. The van der Waals surface area contributed by atoms with Crippen molar-refractivity contribution in [2.24, 2.45) is 5.41 Å². The van der Waals surface area contributed by atoms with Crippen LogP contribution in [0.4, 0.5) is 0 Å². The van der Waals surface area contributed by atoms with Crippen molar-refractivity contribution in [2.75, 3.05) is 6.61 Å². The number of hydrogen-bond acceptors (Lipinski definition) is 2. The molecule has 1 saturated carbocycles. The van der Waals surface area contributed by atoms with Gasteiger partial charge in [0.2, 0.25) is 0 Å². The number of rotatable bonds is 4. The van der Waals surface area contributed by atoms with Crippen LogP contribution < -0.4 is 0 Å². The lowest BCUT2D eigenvalue weighted by Gasteiger charge is -2.35. The van der Waals surface area contributed by atoms with Gasteiger partial charge in [0.1, 0.15) is 0 Å². The smallest absolute Gasteiger partial charge is 0.0689 e. The zero-order valence-corrected chi connectivity index (χ0v) is 6.84. The topological polar surface area (TPSA) is 44.0 Å². The van der Waals surface area contributed by atoms with Gasteiger partial charge in [-0.15, -0.1) is 0 Å². The van der Waals surface area contributed by atoms with Crippen LogP contribution in [0.3, 0.4) is 0 Å². The molecule has 0 heterocycles. The third kappa shape index (κ3) is 1.94. The Hall–Kier alpha value is -0.550. The quantitative estimate of drug-likeness (QED) is 0.626. The fourth-order valence-corrected chi connectivity index (χ4v) is 1.60. The van der Waals surface area contributed by atoms with Gasteiger partial charge in [-0.05, 0) is 32.1 Å². The molecule has 0 aromatic carbocycles. The van der Waals surface area contributed by atoms with E-state index in [0.717, 1.165) is 32.1 Å². The lowest BCUT2D eigenvalue weighted by molar-refractivity contribution is 0.183. The average Bonchev–Trinajstić information content (AvgIpc) is 1.95. The molecule has 2 heteroatoms. The van der Waals surface area contributed by atoms with E-state index in [0.29, 0.717) is 0 Å². The minimum atomic E-state index is 0.00910. The van der Waals surface area contributed by atoms with Crippen LogP contribution in [-0.2, 0) is 0 Å². The third-order valence-corrected chi connectivity index (χ3v) is 2.61. The maximum Gasteiger partial charge on any atom is 0.0689 e. The van der Waals surface area contributed by atoms with Crippen LogP contribution in [0.25, 0.3) is 0 Å². The highest BCUT2D eigenvalue weighted by atomic mass is 16.2. The zero-order chi connectivity index (χ0) is 8.16. The van der Waals surface area contributed by atoms with Crippen LogP contribution in [0.15, 0.2) is 0 Å². The molecule has 0 spiro atoms. The number of aliphatic hydroxyl groups excluding tert-OH is 1. The Labute approximate surface area is 67.8 Å². The van der Waals surface area contributed by atoms with E-state index in [1.54, 1.807) is 0 Å². The number of unbranched alkanes of at least 4 members (excludes halogenated alkanes) is 1. The van der Waals surface area contributed by atoms with E-state index >= 15 is 0 Å². The summed E-state index contributed by atoms with van der Waals surface area (Å²) in [6, 6.07) is 2.39. The summed E-state index contributed by atoms with van der Waals surface area (Å²) in [4.78, 5) is 0. The van der Waals surface area contributed by atoms with Crippen LogP contribution in [0.2, 0.25) is 0 Å². The first-order chi connectivity index (χ1) is 5.33. The lowest BCUT2D eigenvalue weighted by atomic mass is 9.67. The minimum Gasteiger partial charge on any atom is -0.396 e. The maximum atomic E-state index is 8.82. The van der Waals surface area contributed by atoms with E-state index in [4.69, 9.17) is 10.4 Å². The number of nitrogens with zero attached hydrogens (tertiary/aromatic N) is 1. The van der Waals surface area contributed by atoms with E-state index in [9.17, 15) is 0 Å². The molecular weight excluding hydrogens is 138 g/mol. The van der Waals surface area contributed by atoms with Crippen LogP contribution in [0.1, 0.15) is 38.5 Å².